The van der Waals surface area contributed by atoms with Crippen molar-refractivity contribution in [3.05, 3.63) is 82.9 Å². The van der Waals surface area contributed by atoms with Crippen molar-refractivity contribution in [3.63, 3.8) is 0 Å². The van der Waals surface area contributed by atoms with Gasteiger partial charge in [0, 0.05) is 33.2 Å². The van der Waals surface area contributed by atoms with Crippen molar-refractivity contribution in [2.75, 3.05) is 0 Å². The predicted octanol–water partition coefficient (Wildman–Crippen LogP) is 4.88. The molecule has 4 aromatic rings. The first-order valence-electron chi connectivity index (χ1n) is 7.98. The van der Waals surface area contributed by atoms with Crippen LogP contribution in [0, 0.1) is 11.8 Å². The summed E-state index contributed by atoms with van der Waals surface area (Å²) in [4.78, 5) is 17.5. The van der Waals surface area contributed by atoms with Crippen LogP contribution in [0.1, 0.15) is 20.8 Å². The molecule has 0 spiro atoms. The lowest BCUT2D eigenvalue weighted by atomic mass is 10.1. The van der Waals surface area contributed by atoms with Crippen molar-refractivity contribution >= 4 is 28.5 Å². The molecule has 124 valence electrons. The van der Waals surface area contributed by atoms with Crippen molar-refractivity contribution in [1.29, 1.82) is 0 Å². The zero-order valence-corrected chi connectivity index (χ0v) is 14.5. The summed E-state index contributed by atoms with van der Waals surface area (Å²) in [5, 5.41) is 10.5. The normalized spacial score (nSPS) is 10.3. The fourth-order valence-electron chi connectivity index (χ4n) is 2.72. The second-order valence-electron chi connectivity index (χ2n) is 5.72. The molecule has 0 aliphatic carbocycles. The molecule has 0 unspecified atom stereocenters. The number of thiophene rings is 1. The van der Waals surface area contributed by atoms with E-state index in [0.29, 0.717) is 5.56 Å². The lowest BCUT2D eigenvalue weighted by Gasteiger charge is -2.04. The number of nitrogens with zero attached hydrogens (tertiary/aromatic N) is 1. The van der Waals surface area contributed by atoms with E-state index in [-0.39, 0.29) is 5.75 Å². The van der Waals surface area contributed by atoms with Crippen LogP contribution in [0.15, 0.2) is 66.9 Å². The van der Waals surface area contributed by atoms with Gasteiger partial charge in [0.25, 0.3) is 0 Å². The number of aromatic hydroxyl groups is 1. The Morgan fingerprint density at radius 3 is 2.77 bits per heavy atom. The molecule has 3 nitrogen and oxygen atoms in total. The van der Waals surface area contributed by atoms with Crippen molar-refractivity contribution in [3.8, 4) is 28.0 Å². The molecule has 0 bridgehead atoms. The summed E-state index contributed by atoms with van der Waals surface area (Å²) in [6, 6.07) is 18.3. The largest absolute Gasteiger partial charge is 0.508 e. The number of hydrogen-bond acceptors (Lipinski definition) is 4. The van der Waals surface area contributed by atoms with Gasteiger partial charge in [0.05, 0.1) is 10.4 Å². The molecule has 0 saturated carbocycles. The Morgan fingerprint density at radius 1 is 1.00 bits per heavy atom. The molecular weight excluding hydrogens is 342 g/mol. The highest BCUT2D eigenvalue weighted by molar-refractivity contribution is 7.16. The number of aldehydes is 1. The lowest BCUT2D eigenvalue weighted by molar-refractivity contribution is 0.112. The molecule has 2 heterocycles. The third kappa shape index (κ3) is 3.21. The highest BCUT2D eigenvalue weighted by Crippen LogP contribution is 2.33. The highest BCUT2D eigenvalue weighted by Gasteiger charge is 2.08. The number of phenols is 1. The number of benzene rings is 2. The van der Waals surface area contributed by atoms with Crippen molar-refractivity contribution in [2.45, 2.75) is 0 Å². The predicted molar refractivity (Wildman–Crippen MR) is 105 cm³/mol. The second-order valence-corrected chi connectivity index (χ2v) is 6.80. The smallest absolute Gasteiger partial charge is 0.150 e. The first-order chi connectivity index (χ1) is 12.7. The van der Waals surface area contributed by atoms with E-state index in [1.54, 1.807) is 41.8 Å². The van der Waals surface area contributed by atoms with Crippen LogP contribution in [0.25, 0.3) is 21.3 Å². The number of rotatable bonds is 2. The van der Waals surface area contributed by atoms with E-state index in [2.05, 4.69) is 16.8 Å². The molecule has 0 aliphatic heterocycles. The fourth-order valence-corrected chi connectivity index (χ4v) is 3.62. The molecule has 0 radical (unpaired) electrons. The van der Waals surface area contributed by atoms with E-state index < -0.39 is 0 Å². The van der Waals surface area contributed by atoms with Crippen LogP contribution in [0.3, 0.4) is 0 Å². The molecule has 26 heavy (non-hydrogen) atoms. The average Bonchev–Trinajstić information content (AvgIpc) is 3.14. The molecule has 1 N–H and O–H groups in total. The van der Waals surface area contributed by atoms with Crippen LogP contribution in [0.2, 0.25) is 0 Å². The molecule has 0 saturated heterocycles. The Hall–Kier alpha value is -3.42. The van der Waals surface area contributed by atoms with E-state index in [9.17, 15) is 9.90 Å². The number of hydrogen-bond donors (Lipinski definition) is 1. The number of carbonyl (C=O) groups excluding carboxylic acids is 1. The number of phenolic OH excluding ortho intramolecular Hbond substituents is 1. The van der Waals surface area contributed by atoms with Gasteiger partial charge in [0.15, 0.2) is 0 Å². The quantitative estimate of drug-likeness (QED) is 0.412. The summed E-state index contributed by atoms with van der Waals surface area (Å²) in [7, 11) is 0. The van der Waals surface area contributed by atoms with Crippen molar-refractivity contribution in [2.24, 2.45) is 0 Å². The van der Waals surface area contributed by atoms with Gasteiger partial charge in [-0.2, -0.15) is 0 Å². The maximum Gasteiger partial charge on any atom is 0.150 e. The third-order valence-electron chi connectivity index (χ3n) is 3.95. The van der Waals surface area contributed by atoms with Gasteiger partial charge in [-0.15, -0.1) is 11.3 Å². The highest BCUT2D eigenvalue weighted by atomic mass is 32.1. The fraction of sp³-hybridized carbons (Fsp3) is 0. The van der Waals surface area contributed by atoms with Crippen LogP contribution in [0.4, 0.5) is 0 Å². The minimum atomic E-state index is 0.206. The Bertz CT molecular complexity index is 1180. The van der Waals surface area contributed by atoms with Gasteiger partial charge in [-0.05, 0) is 54.6 Å². The van der Waals surface area contributed by atoms with E-state index >= 15 is 0 Å². The molecule has 4 rings (SSSR count). The van der Waals surface area contributed by atoms with Crippen molar-refractivity contribution < 1.29 is 9.90 Å². The minimum absolute atomic E-state index is 0.206. The molecule has 0 atom stereocenters. The van der Waals surface area contributed by atoms with Crippen molar-refractivity contribution in [1.82, 2.24) is 4.98 Å². The maximum atomic E-state index is 11.1. The van der Waals surface area contributed by atoms with E-state index in [1.165, 1.54) is 0 Å². The van der Waals surface area contributed by atoms with Gasteiger partial charge >= 0.3 is 0 Å². The van der Waals surface area contributed by atoms with Gasteiger partial charge in [-0.1, -0.05) is 17.9 Å². The summed E-state index contributed by atoms with van der Waals surface area (Å²) >= 11 is 1.59. The first kappa shape index (κ1) is 16.1. The van der Waals surface area contributed by atoms with Crippen LogP contribution >= 0.6 is 11.3 Å². The first-order valence-corrected chi connectivity index (χ1v) is 8.80. The monoisotopic (exact) mass is 355 g/mol. The SMILES string of the molecule is O=Cc1ccc2nccc(-c3ccc(C#Cc4cccc(O)c4)s3)c2c1. The second kappa shape index (κ2) is 6.83. The Kier molecular flexibility index (Phi) is 4.22. The molecule has 0 aliphatic rings. The average molecular weight is 355 g/mol. The molecule has 2 aromatic heterocycles. The number of pyridine rings is 1. The molecule has 2 aromatic carbocycles. The Morgan fingerprint density at radius 2 is 1.92 bits per heavy atom. The minimum Gasteiger partial charge on any atom is -0.508 e. The summed E-state index contributed by atoms with van der Waals surface area (Å²) in [5.74, 6) is 6.40. The topological polar surface area (TPSA) is 50.2 Å². The van der Waals surface area contributed by atoms with Crippen LogP contribution in [-0.4, -0.2) is 16.4 Å². The number of aromatic nitrogens is 1. The summed E-state index contributed by atoms with van der Waals surface area (Å²) < 4.78 is 0. The van der Waals surface area contributed by atoms with Gasteiger partial charge in [-0.25, -0.2) is 0 Å². The summed E-state index contributed by atoms with van der Waals surface area (Å²) in [6.45, 7) is 0. The zero-order valence-electron chi connectivity index (χ0n) is 13.6. The zero-order chi connectivity index (χ0) is 17.9. The van der Waals surface area contributed by atoms with Gasteiger partial charge in [0.1, 0.15) is 12.0 Å². The molecule has 4 heteroatoms. The standard InChI is InChI=1S/C22H13NO2S/c24-14-16-5-8-21-20(13-16)19(10-11-23-21)22-9-7-18(26-22)6-4-15-2-1-3-17(25)12-15/h1-3,5,7-14,25H. The van der Waals surface area contributed by atoms with Gasteiger partial charge in [-0.3, -0.25) is 9.78 Å². The summed E-state index contributed by atoms with van der Waals surface area (Å²) in [5.41, 5.74) is 3.29. The van der Waals surface area contributed by atoms with E-state index in [4.69, 9.17) is 0 Å². The van der Waals surface area contributed by atoms with Gasteiger partial charge in [0.2, 0.25) is 0 Å². The Labute approximate surface area is 154 Å². The van der Waals surface area contributed by atoms with E-state index in [0.717, 1.165) is 38.1 Å². The lowest BCUT2D eigenvalue weighted by Crippen LogP contribution is -1.85. The maximum absolute atomic E-state index is 11.1. The van der Waals surface area contributed by atoms with Gasteiger partial charge < -0.3 is 5.11 Å². The number of carbonyl (C=O) groups is 1. The Balaban J connectivity index is 1.73. The van der Waals surface area contributed by atoms with E-state index in [1.807, 2.05) is 36.4 Å². The summed E-state index contributed by atoms with van der Waals surface area (Å²) in [6.07, 6.45) is 2.62. The van der Waals surface area contributed by atoms with Crippen LogP contribution in [0.5, 0.6) is 5.75 Å². The molecule has 0 fully saturated rings. The molecular formula is C22H13NO2S. The van der Waals surface area contributed by atoms with Crippen LogP contribution < -0.4 is 0 Å². The number of fused-ring (bicyclic) bond motifs is 1. The third-order valence-corrected chi connectivity index (χ3v) is 4.98. The molecule has 0 amide bonds. The van der Waals surface area contributed by atoms with Crippen LogP contribution in [-0.2, 0) is 0 Å².